The third kappa shape index (κ3) is 2.80. The highest BCUT2D eigenvalue weighted by molar-refractivity contribution is 7.11. The first-order valence-corrected chi connectivity index (χ1v) is 8.48. The smallest absolute Gasteiger partial charge is 0.278 e. The molecule has 0 saturated heterocycles. The number of ether oxygens (including phenoxy) is 1. The van der Waals surface area contributed by atoms with Crippen molar-refractivity contribution in [3.05, 3.63) is 52.4 Å². The first-order valence-electron chi connectivity index (χ1n) is 7.60. The van der Waals surface area contributed by atoms with Gasteiger partial charge in [-0.2, -0.15) is 0 Å². The summed E-state index contributed by atoms with van der Waals surface area (Å²) in [6.07, 6.45) is 0. The predicted molar refractivity (Wildman–Crippen MR) is 94.8 cm³/mol. The zero-order valence-electron chi connectivity index (χ0n) is 13.7. The van der Waals surface area contributed by atoms with Gasteiger partial charge in [0.05, 0.1) is 12.7 Å². The largest absolute Gasteiger partial charge is 0.497 e. The Balaban J connectivity index is 2.05. The first-order chi connectivity index (χ1) is 11.5. The van der Waals surface area contributed by atoms with Gasteiger partial charge in [0, 0.05) is 22.7 Å². The van der Waals surface area contributed by atoms with Gasteiger partial charge < -0.3 is 10.1 Å². The van der Waals surface area contributed by atoms with Crippen LogP contribution in [-0.2, 0) is 9.59 Å². The quantitative estimate of drug-likeness (QED) is 0.847. The molecule has 0 bridgehead atoms. The summed E-state index contributed by atoms with van der Waals surface area (Å²) in [6, 6.07) is 10.8. The molecule has 0 saturated carbocycles. The van der Waals surface area contributed by atoms with Crippen LogP contribution in [0.15, 0.2) is 47.5 Å². The van der Waals surface area contributed by atoms with Crippen LogP contribution in [0.25, 0.3) is 5.57 Å². The van der Waals surface area contributed by atoms with Gasteiger partial charge in [-0.25, -0.2) is 0 Å². The Bertz CT molecular complexity index is 809. The van der Waals surface area contributed by atoms with Crippen LogP contribution in [0.5, 0.6) is 5.75 Å². The summed E-state index contributed by atoms with van der Waals surface area (Å²) in [4.78, 5) is 27.6. The lowest BCUT2D eigenvalue weighted by atomic mass is 10.2. The van der Waals surface area contributed by atoms with Crippen molar-refractivity contribution >= 4 is 34.4 Å². The molecule has 1 aromatic heterocycles. The fraction of sp³-hybridized carbons (Fsp3) is 0.222. The van der Waals surface area contributed by atoms with E-state index < -0.39 is 0 Å². The number of imide groups is 1. The molecule has 24 heavy (non-hydrogen) atoms. The molecule has 0 spiro atoms. The van der Waals surface area contributed by atoms with Crippen molar-refractivity contribution in [3.8, 4) is 5.75 Å². The molecule has 1 aliphatic rings. The highest BCUT2D eigenvalue weighted by Gasteiger charge is 2.40. The van der Waals surface area contributed by atoms with Crippen molar-refractivity contribution in [3.63, 3.8) is 0 Å². The van der Waals surface area contributed by atoms with Gasteiger partial charge in [0.1, 0.15) is 11.4 Å². The van der Waals surface area contributed by atoms with Gasteiger partial charge in [0.2, 0.25) is 0 Å². The molecule has 2 aromatic rings. The molecule has 1 aliphatic heterocycles. The van der Waals surface area contributed by atoms with E-state index in [0.717, 1.165) is 4.88 Å². The molecule has 0 fully saturated rings. The molecule has 6 heteroatoms. The number of nitrogens with one attached hydrogen (secondary N) is 1. The maximum absolute atomic E-state index is 12.8. The van der Waals surface area contributed by atoms with Gasteiger partial charge in [-0.15, -0.1) is 11.3 Å². The zero-order chi connectivity index (χ0) is 17.3. The van der Waals surface area contributed by atoms with Crippen molar-refractivity contribution in [1.29, 1.82) is 0 Å². The van der Waals surface area contributed by atoms with Gasteiger partial charge >= 0.3 is 0 Å². The van der Waals surface area contributed by atoms with Crippen LogP contribution in [0.2, 0.25) is 0 Å². The number of anilines is 1. The summed E-state index contributed by atoms with van der Waals surface area (Å²) in [7, 11) is 1.58. The lowest BCUT2D eigenvalue weighted by Crippen LogP contribution is -2.38. The molecule has 0 atom stereocenters. The lowest BCUT2D eigenvalue weighted by molar-refractivity contribution is -0.138. The van der Waals surface area contributed by atoms with Gasteiger partial charge in [0.15, 0.2) is 0 Å². The topological polar surface area (TPSA) is 58.6 Å². The number of benzene rings is 1. The molecular weight excluding hydrogens is 324 g/mol. The van der Waals surface area contributed by atoms with Crippen molar-refractivity contribution in [2.24, 2.45) is 0 Å². The van der Waals surface area contributed by atoms with Gasteiger partial charge in [-0.1, -0.05) is 12.1 Å². The second-order valence-corrected chi connectivity index (χ2v) is 6.61. The average Bonchev–Trinajstić information content (AvgIpc) is 3.15. The van der Waals surface area contributed by atoms with E-state index in [1.54, 1.807) is 13.2 Å². The third-order valence-corrected chi connectivity index (χ3v) is 4.63. The molecule has 3 rings (SSSR count). The zero-order valence-corrected chi connectivity index (χ0v) is 14.5. The van der Waals surface area contributed by atoms with Crippen LogP contribution in [0.3, 0.4) is 0 Å². The maximum Gasteiger partial charge on any atom is 0.278 e. The minimum absolute atomic E-state index is 0.204. The van der Waals surface area contributed by atoms with Gasteiger partial charge in [-0.3, -0.25) is 14.5 Å². The number of thiophene rings is 1. The first kappa shape index (κ1) is 16.3. The van der Waals surface area contributed by atoms with Crippen molar-refractivity contribution in [2.45, 2.75) is 19.9 Å². The predicted octanol–water partition coefficient (Wildman–Crippen LogP) is 3.36. The normalized spacial score (nSPS) is 14.8. The fourth-order valence-corrected chi connectivity index (χ4v) is 3.39. The summed E-state index contributed by atoms with van der Waals surface area (Å²) >= 11 is 1.44. The molecule has 1 N–H and O–H groups in total. The summed E-state index contributed by atoms with van der Waals surface area (Å²) in [5.41, 5.74) is 1.43. The second-order valence-electron chi connectivity index (χ2n) is 5.66. The Morgan fingerprint density at radius 3 is 2.54 bits per heavy atom. The van der Waals surface area contributed by atoms with Crippen molar-refractivity contribution < 1.29 is 14.3 Å². The van der Waals surface area contributed by atoms with E-state index in [-0.39, 0.29) is 17.9 Å². The molecule has 2 amide bonds. The van der Waals surface area contributed by atoms with E-state index in [1.807, 2.05) is 49.6 Å². The summed E-state index contributed by atoms with van der Waals surface area (Å²) in [5, 5.41) is 5.00. The Kier molecular flexibility index (Phi) is 4.40. The number of methoxy groups -OCH3 is 1. The second kappa shape index (κ2) is 6.49. The Morgan fingerprint density at radius 1 is 1.12 bits per heavy atom. The average molecular weight is 342 g/mol. The molecule has 1 aromatic carbocycles. The summed E-state index contributed by atoms with van der Waals surface area (Å²) in [6.45, 7) is 3.66. The maximum atomic E-state index is 12.8. The van der Waals surface area contributed by atoms with Gasteiger partial charge in [-0.05, 0) is 37.4 Å². The number of hydrogen-bond donors (Lipinski definition) is 1. The van der Waals surface area contributed by atoms with Crippen molar-refractivity contribution in [2.75, 3.05) is 12.4 Å². The number of rotatable bonds is 5. The molecule has 5 nitrogen and oxygen atoms in total. The minimum atomic E-state index is -0.304. The highest BCUT2D eigenvalue weighted by atomic mass is 32.1. The van der Waals surface area contributed by atoms with E-state index >= 15 is 0 Å². The Hall–Kier alpha value is -2.60. The monoisotopic (exact) mass is 342 g/mol. The Labute approximate surface area is 144 Å². The fourth-order valence-electron chi connectivity index (χ4n) is 2.63. The SMILES string of the molecule is COc1cccc(NC2=C(c3cccs3)C(=O)N(C(C)C)C2=O)c1. The summed E-state index contributed by atoms with van der Waals surface area (Å²) < 4.78 is 5.21. The van der Waals surface area contributed by atoms with E-state index in [9.17, 15) is 9.59 Å². The van der Waals surface area contributed by atoms with Crippen LogP contribution in [0.4, 0.5) is 5.69 Å². The number of nitrogens with zero attached hydrogens (tertiary/aromatic N) is 1. The number of carbonyl (C=O) groups excluding carboxylic acids is 2. The highest BCUT2D eigenvalue weighted by Crippen LogP contribution is 2.34. The molecular formula is C18H18N2O3S. The van der Waals surface area contributed by atoms with Crippen LogP contribution >= 0.6 is 11.3 Å². The number of hydrogen-bond acceptors (Lipinski definition) is 5. The Morgan fingerprint density at radius 2 is 1.92 bits per heavy atom. The lowest BCUT2D eigenvalue weighted by Gasteiger charge is -2.19. The standard InChI is InChI=1S/C18H18N2O3S/c1-11(2)20-17(21)15(14-8-5-9-24-14)16(18(20)22)19-12-6-4-7-13(10-12)23-3/h4-11,19H,1-3H3. The van der Waals surface area contributed by atoms with Crippen LogP contribution in [0.1, 0.15) is 18.7 Å². The van der Waals surface area contributed by atoms with Crippen LogP contribution in [-0.4, -0.2) is 29.9 Å². The van der Waals surface area contributed by atoms with Gasteiger partial charge in [0.25, 0.3) is 11.8 Å². The minimum Gasteiger partial charge on any atom is -0.497 e. The summed E-state index contributed by atoms with van der Waals surface area (Å²) in [5.74, 6) is 0.111. The molecule has 0 unspecified atom stereocenters. The van der Waals surface area contributed by atoms with E-state index in [0.29, 0.717) is 22.7 Å². The molecule has 0 aliphatic carbocycles. The number of amides is 2. The van der Waals surface area contributed by atoms with Crippen LogP contribution < -0.4 is 10.1 Å². The third-order valence-electron chi connectivity index (χ3n) is 3.74. The number of carbonyl (C=O) groups is 2. The van der Waals surface area contributed by atoms with E-state index in [4.69, 9.17) is 4.74 Å². The molecule has 0 radical (unpaired) electrons. The van der Waals surface area contributed by atoms with Crippen LogP contribution in [0, 0.1) is 0 Å². The molecule has 2 heterocycles. The van der Waals surface area contributed by atoms with Crippen molar-refractivity contribution in [1.82, 2.24) is 4.90 Å². The van der Waals surface area contributed by atoms with E-state index in [2.05, 4.69) is 5.32 Å². The molecule has 124 valence electrons. The van der Waals surface area contributed by atoms with E-state index in [1.165, 1.54) is 16.2 Å².